The summed E-state index contributed by atoms with van der Waals surface area (Å²) >= 11 is 6.34. The summed E-state index contributed by atoms with van der Waals surface area (Å²) < 4.78 is 11.1. The summed E-state index contributed by atoms with van der Waals surface area (Å²) in [5.74, 6) is 0.342. The Morgan fingerprint density at radius 3 is 2.55 bits per heavy atom. The number of ether oxygens (including phenoxy) is 2. The third-order valence-corrected chi connectivity index (χ3v) is 4.59. The number of nitrogens with one attached hydrogen (secondary N) is 1. The number of oxime groups is 1. The number of hydrogen-bond acceptors (Lipinski definition) is 7. The Balaban J connectivity index is 1.57. The molecule has 3 aromatic carbocycles. The molecule has 0 saturated carbocycles. The van der Waals surface area contributed by atoms with Gasteiger partial charge < -0.3 is 19.6 Å². The Kier molecular flexibility index (Phi) is 8.20. The quantitative estimate of drug-likeness (QED) is 0.258. The van der Waals surface area contributed by atoms with Crippen molar-refractivity contribution < 1.29 is 24.0 Å². The molecule has 170 valence electrons. The number of nitrogens with zero attached hydrogens (tertiary/aromatic N) is 2. The smallest absolute Gasteiger partial charge is 0.269 e. The molecule has 0 aliphatic rings. The van der Waals surface area contributed by atoms with E-state index in [2.05, 4.69) is 10.5 Å². The molecule has 1 amide bonds. The minimum absolute atomic E-state index is 0.00207. The van der Waals surface area contributed by atoms with Crippen molar-refractivity contribution in [1.82, 2.24) is 0 Å². The van der Waals surface area contributed by atoms with Crippen molar-refractivity contribution in [3.05, 3.63) is 93.0 Å². The van der Waals surface area contributed by atoms with Crippen LogP contribution in [0.25, 0.3) is 0 Å². The SMILES string of the molecule is COc1cc(/C=N/OCC(=O)Nc2ccccc2)cc(Cl)c1OCc1ccc([N+](=O)[O-])cc1. The highest BCUT2D eigenvalue weighted by atomic mass is 35.5. The van der Waals surface area contributed by atoms with Crippen LogP contribution in [0.15, 0.2) is 71.9 Å². The summed E-state index contributed by atoms with van der Waals surface area (Å²) in [6.45, 7) is -0.117. The maximum atomic E-state index is 11.9. The molecule has 0 atom stereocenters. The van der Waals surface area contributed by atoms with Gasteiger partial charge in [-0.05, 0) is 42.0 Å². The summed E-state index contributed by atoms with van der Waals surface area (Å²) in [5, 5.41) is 17.5. The van der Waals surface area contributed by atoms with Crippen LogP contribution in [0, 0.1) is 10.1 Å². The van der Waals surface area contributed by atoms with E-state index in [9.17, 15) is 14.9 Å². The molecule has 0 aromatic heterocycles. The van der Waals surface area contributed by atoms with Gasteiger partial charge in [0.15, 0.2) is 18.1 Å². The van der Waals surface area contributed by atoms with E-state index in [1.807, 2.05) is 18.2 Å². The fraction of sp³-hybridized carbons (Fsp3) is 0.130. The summed E-state index contributed by atoms with van der Waals surface area (Å²) in [6, 6.07) is 18.3. The zero-order valence-corrected chi connectivity index (χ0v) is 18.3. The van der Waals surface area contributed by atoms with Gasteiger partial charge in [0.25, 0.3) is 11.6 Å². The molecule has 0 unspecified atom stereocenters. The number of halogens is 1. The molecule has 9 nitrogen and oxygen atoms in total. The minimum atomic E-state index is -0.468. The first-order valence-corrected chi connectivity index (χ1v) is 10.1. The van der Waals surface area contributed by atoms with Crippen molar-refractivity contribution in [2.24, 2.45) is 5.16 Å². The Morgan fingerprint density at radius 1 is 1.15 bits per heavy atom. The summed E-state index contributed by atoms with van der Waals surface area (Å²) in [4.78, 5) is 27.2. The lowest BCUT2D eigenvalue weighted by Gasteiger charge is -2.13. The first-order chi connectivity index (χ1) is 16.0. The van der Waals surface area contributed by atoms with Crippen LogP contribution >= 0.6 is 11.6 Å². The molecule has 0 aliphatic carbocycles. The molecular formula is C23H20ClN3O6. The molecule has 3 rings (SSSR count). The topological polar surface area (TPSA) is 112 Å². The number of methoxy groups -OCH3 is 1. The second-order valence-corrected chi connectivity index (χ2v) is 7.08. The van der Waals surface area contributed by atoms with E-state index in [-0.39, 0.29) is 29.8 Å². The number of anilines is 1. The Morgan fingerprint density at radius 2 is 1.88 bits per heavy atom. The number of nitro benzene ring substituents is 1. The number of rotatable bonds is 10. The van der Waals surface area contributed by atoms with Gasteiger partial charge in [-0.1, -0.05) is 35.0 Å². The zero-order valence-electron chi connectivity index (χ0n) is 17.6. The van der Waals surface area contributed by atoms with Gasteiger partial charge in [-0.2, -0.15) is 0 Å². The summed E-state index contributed by atoms with van der Waals surface area (Å²) in [6.07, 6.45) is 1.39. The second-order valence-electron chi connectivity index (χ2n) is 6.67. The number of carbonyl (C=O) groups is 1. The first kappa shape index (κ1) is 23.6. The van der Waals surface area contributed by atoms with Crippen LogP contribution in [0.1, 0.15) is 11.1 Å². The van der Waals surface area contributed by atoms with Gasteiger partial charge in [0, 0.05) is 23.4 Å². The molecule has 0 saturated heterocycles. The first-order valence-electron chi connectivity index (χ1n) is 9.70. The van der Waals surface area contributed by atoms with E-state index < -0.39 is 4.92 Å². The van der Waals surface area contributed by atoms with E-state index in [1.54, 1.807) is 36.4 Å². The average molecular weight is 470 g/mol. The lowest BCUT2D eigenvalue weighted by Crippen LogP contribution is -2.16. The maximum absolute atomic E-state index is 11.9. The molecule has 10 heteroatoms. The van der Waals surface area contributed by atoms with E-state index in [0.29, 0.717) is 22.7 Å². The van der Waals surface area contributed by atoms with Gasteiger partial charge in [-0.25, -0.2) is 0 Å². The molecule has 0 radical (unpaired) electrons. The van der Waals surface area contributed by atoms with Gasteiger partial charge in [-0.3, -0.25) is 14.9 Å². The number of hydrogen-bond donors (Lipinski definition) is 1. The van der Waals surface area contributed by atoms with Gasteiger partial charge >= 0.3 is 0 Å². The van der Waals surface area contributed by atoms with Crippen LogP contribution in [-0.2, 0) is 16.2 Å². The number of nitro groups is 1. The predicted octanol–water partition coefficient (Wildman–Crippen LogP) is 4.83. The second kappa shape index (κ2) is 11.5. The highest BCUT2D eigenvalue weighted by Gasteiger charge is 2.13. The Labute approximate surface area is 194 Å². The van der Waals surface area contributed by atoms with E-state index in [0.717, 1.165) is 5.56 Å². The van der Waals surface area contributed by atoms with E-state index in [4.69, 9.17) is 25.9 Å². The van der Waals surface area contributed by atoms with Crippen LogP contribution in [0.2, 0.25) is 5.02 Å². The van der Waals surface area contributed by atoms with Crippen molar-refractivity contribution >= 4 is 35.1 Å². The van der Waals surface area contributed by atoms with Crippen molar-refractivity contribution in [2.45, 2.75) is 6.61 Å². The lowest BCUT2D eigenvalue weighted by molar-refractivity contribution is -0.384. The van der Waals surface area contributed by atoms with Crippen molar-refractivity contribution in [1.29, 1.82) is 0 Å². The molecule has 0 spiro atoms. The minimum Gasteiger partial charge on any atom is -0.493 e. The van der Waals surface area contributed by atoms with Crippen LogP contribution < -0.4 is 14.8 Å². The third kappa shape index (κ3) is 6.94. The number of benzene rings is 3. The third-order valence-electron chi connectivity index (χ3n) is 4.31. The predicted molar refractivity (Wildman–Crippen MR) is 124 cm³/mol. The fourth-order valence-electron chi connectivity index (χ4n) is 2.74. The zero-order chi connectivity index (χ0) is 23.6. The molecule has 0 heterocycles. The van der Waals surface area contributed by atoms with Crippen molar-refractivity contribution in [3.8, 4) is 11.5 Å². The largest absolute Gasteiger partial charge is 0.493 e. The summed E-state index contributed by atoms with van der Waals surface area (Å²) in [7, 11) is 1.47. The standard InChI is InChI=1S/C23H20ClN3O6/c1-31-21-12-17(13-25-33-15-22(28)26-18-5-3-2-4-6-18)11-20(24)23(21)32-14-16-7-9-19(10-8-16)27(29)30/h2-13H,14-15H2,1H3,(H,26,28)/b25-13+. The average Bonchev–Trinajstić information content (AvgIpc) is 2.81. The van der Waals surface area contributed by atoms with E-state index in [1.165, 1.54) is 25.5 Å². The maximum Gasteiger partial charge on any atom is 0.269 e. The molecule has 3 aromatic rings. The van der Waals surface area contributed by atoms with E-state index >= 15 is 0 Å². The molecule has 0 fully saturated rings. The van der Waals surface area contributed by atoms with Crippen LogP contribution in [-0.4, -0.2) is 30.8 Å². The summed E-state index contributed by atoms with van der Waals surface area (Å²) in [5.41, 5.74) is 1.96. The monoisotopic (exact) mass is 469 g/mol. The van der Waals surface area contributed by atoms with Gasteiger partial charge in [0.1, 0.15) is 6.61 Å². The van der Waals surface area contributed by atoms with Crippen molar-refractivity contribution in [3.63, 3.8) is 0 Å². The number of carbonyl (C=O) groups excluding carboxylic acids is 1. The Hall–Kier alpha value is -4.11. The number of amides is 1. The van der Waals surface area contributed by atoms with Crippen LogP contribution in [0.4, 0.5) is 11.4 Å². The molecular weight excluding hydrogens is 450 g/mol. The van der Waals surface area contributed by atoms with Crippen LogP contribution in [0.3, 0.4) is 0 Å². The van der Waals surface area contributed by atoms with Gasteiger partial charge in [-0.15, -0.1) is 0 Å². The Bertz CT molecular complexity index is 1140. The number of para-hydroxylation sites is 1. The molecule has 0 bridgehead atoms. The molecule has 33 heavy (non-hydrogen) atoms. The lowest BCUT2D eigenvalue weighted by atomic mass is 10.2. The highest BCUT2D eigenvalue weighted by Crippen LogP contribution is 2.36. The fourth-order valence-corrected chi connectivity index (χ4v) is 3.01. The molecule has 1 N–H and O–H groups in total. The van der Waals surface area contributed by atoms with Crippen LogP contribution in [0.5, 0.6) is 11.5 Å². The molecule has 0 aliphatic heterocycles. The van der Waals surface area contributed by atoms with Gasteiger partial charge in [0.05, 0.1) is 23.3 Å². The van der Waals surface area contributed by atoms with Crippen molar-refractivity contribution in [2.75, 3.05) is 19.0 Å². The normalized spacial score (nSPS) is 10.6. The highest BCUT2D eigenvalue weighted by molar-refractivity contribution is 6.32. The number of non-ortho nitro benzene ring substituents is 1. The van der Waals surface area contributed by atoms with Gasteiger partial charge in [0.2, 0.25) is 0 Å².